The highest BCUT2D eigenvalue weighted by Crippen LogP contribution is 2.34. The Morgan fingerprint density at radius 2 is 2.03 bits per heavy atom. The van der Waals surface area contributed by atoms with Crippen molar-refractivity contribution < 1.29 is 14.3 Å². The highest BCUT2D eigenvalue weighted by Gasteiger charge is 2.43. The van der Waals surface area contributed by atoms with Crippen molar-refractivity contribution in [3.8, 4) is 11.3 Å². The number of nitrogens with one attached hydrogen (secondary N) is 2. The molecule has 176 valence electrons. The van der Waals surface area contributed by atoms with Crippen LogP contribution < -0.4 is 16.4 Å². The molecule has 4 N–H and O–H groups in total. The highest BCUT2D eigenvalue weighted by atomic mass is 16.6. The molecule has 0 spiro atoms. The summed E-state index contributed by atoms with van der Waals surface area (Å²) in [5, 5.41) is 7.59. The van der Waals surface area contributed by atoms with Gasteiger partial charge in [0.2, 0.25) is 5.91 Å². The molecule has 0 saturated carbocycles. The molecule has 1 saturated heterocycles. The fourth-order valence-electron chi connectivity index (χ4n) is 4.59. The largest absolute Gasteiger partial charge is 0.439 e. The first kappa shape index (κ1) is 21.9. The van der Waals surface area contributed by atoms with Crippen molar-refractivity contribution in [2.75, 3.05) is 36.0 Å². The first-order chi connectivity index (χ1) is 16.2. The lowest BCUT2D eigenvalue weighted by Crippen LogP contribution is -2.63. The van der Waals surface area contributed by atoms with Crippen molar-refractivity contribution in [1.82, 2.24) is 19.9 Å². The number of nitrogens with two attached hydrogens (primary N) is 1. The summed E-state index contributed by atoms with van der Waals surface area (Å²) in [7, 11) is 0. The van der Waals surface area contributed by atoms with Crippen LogP contribution in [0.2, 0.25) is 0 Å². The second kappa shape index (κ2) is 8.12. The highest BCUT2D eigenvalue weighted by molar-refractivity contribution is 5.96. The minimum atomic E-state index is -0.709. The van der Waals surface area contributed by atoms with Crippen LogP contribution in [0.5, 0.6) is 0 Å². The van der Waals surface area contributed by atoms with Crippen LogP contribution in [-0.2, 0) is 16.0 Å². The molecule has 2 aliphatic rings. The van der Waals surface area contributed by atoms with Crippen molar-refractivity contribution in [3.63, 3.8) is 0 Å². The van der Waals surface area contributed by atoms with E-state index in [0.717, 1.165) is 47.3 Å². The Labute approximate surface area is 196 Å². The number of amides is 2. The van der Waals surface area contributed by atoms with Crippen LogP contribution in [0.3, 0.4) is 0 Å². The molecule has 0 radical (unpaired) electrons. The normalized spacial score (nSPS) is 16.3. The van der Waals surface area contributed by atoms with E-state index >= 15 is 0 Å². The van der Waals surface area contributed by atoms with Gasteiger partial charge in [-0.15, -0.1) is 0 Å². The van der Waals surface area contributed by atoms with E-state index < -0.39 is 11.7 Å². The molecule has 2 amide bonds. The van der Waals surface area contributed by atoms with E-state index in [0.29, 0.717) is 35.8 Å². The molecule has 0 aromatic carbocycles. The Bertz CT molecular complexity index is 1320. The van der Waals surface area contributed by atoms with Crippen LogP contribution in [-0.4, -0.2) is 57.1 Å². The van der Waals surface area contributed by atoms with Crippen LogP contribution >= 0.6 is 0 Å². The van der Waals surface area contributed by atoms with Gasteiger partial charge in [0.1, 0.15) is 17.2 Å². The number of anilines is 3. The molecular weight excluding hydrogens is 434 g/mol. The number of ether oxygens (including phenoxy) is 1. The number of hydrogen-bond donors (Lipinski definition) is 3. The third-order valence-electron chi connectivity index (χ3n) is 6.40. The summed E-state index contributed by atoms with van der Waals surface area (Å²) in [5.74, 6) is 0.646. The maximum Gasteiger partial charge on any atom is 0.413 e. The lowest BCUT2D eigenvalue weighted by molar-refractivity contribution is -0.149. The lowest BCUT2D eigenvalue weighted by Gasteiger charge is -2.46. The summed E-state index contributed by atoms with van der Waals surface area (Å²) in [6.07, 6.45) is 4.83. The summed E-state index contributed by atoms with van der Waals surface area (Å²) in [6, 6.07) is 3.66. The van der Waals surface area contributed by atoms with E-state index in [1.807, 2.05) is 12.3 Å². The van der Waals surface area contributed by atoms with E-state index in [2.05, 4.69) is 32.5 Å². The molecule has 34 heavy (non-hydrogen) atoms. The Balaban J connectivity index is 1.39. The Morgan fingerprint density at radius 1 is 1.24 bits per heavy atom. The molecule has 3 aromatic rings. The van der Waals surface area contributed by atoms with Crippen molar-refractivity contribution in [3.05, 3.63) is 35.8 Å². The topological polar surface area (TPSA) is 135 Å². The van der Waals surface area contributed by atoms with Gasteiger partial charge >= 0.3 is 6.09 Å². The van der Waals surface area contributed by atoms with Gasteiger partial charge in [0.25, 0.3) is 0 Å². The van der Waals surface area contributed by atoms with E-state index in [-0.39, 0.29) is 5.91 Å². The maximum absolute atomic E-state index is 12.4. The second-order valence-electron chi connectivity index (χ2n) is 9.17. The van der Waals surface area contributed by atoms with Gasteiger partial charge in [-0.25, -0.2) is 14.8 Å². The van der Waals surface area contributed by atoms with E-state index in [9.17, 15) is 9.59 Å². The third-order valence-corrected chi connectivity index (χ3v) is 6.40. The lowest BCUT2D eigenvalue weighted by atomic mass is 9.96. The van der Waals surface area contributed by atoms with Gasteiger partial charge in [-0.1, -0.05) is 0 Å². The first-order valence-electron chi connectivity index (χ1n) is 11.3. The number of fused-ring (bicyclic) bond motifs is 2. The van der Waals surface area contributed by atoms with Crippen molar-refractivity contribution in [2.45, 2.75) is 39.2 Å². The maximum atomic E-state index is 12.4. The molecule has 2 aliphatic heterocycles. The molecule has 0 aliphatic carbocycles. The summed E-state index contributed by atoms with van der Waals surface area (Å²) < 4.78 is 5.52. The standard InChI is InChI=1S/C24H27N7O3/c1-13-16(9-27-18-5-4-6-26-21(13)18)19-7-15-8-20(28-10-17(15)22(25)29-19)30-23(33)34-24(3)11-31(12-24)14(2)32/h7-10,26H,4-6,11-12H2,1-3H3,(H2,25,29)(H,28,30,33). The van der Waals surface area contributed by atoms with Crippen LogP contribution in [0, 0.1) is 6.92 Å². The van der Waals surface area contributed by atoms with E-state index in [1.165, 1.54) is 6.92 Å². The molecule has 10 nitrogen and oxygen atoms in total. The van der Waals surface area contributed by atoms with Crippen LogP contribution in [0.25, 0.3) is 22.0 Å². The number of nitrogen functional groups attached to an aromatic ring is 1. The minimum Gasteiger partial charge on any atom is -0.439 e. The Hall–Kier alpha value is -3.95. The second-order valence-corrected chi connectivity index (χ2v) is 9.17. The number of carbonyl (C=O) groups excluding carboxylic acids is 2. The summed E-state index contributed by atoms with van der Waals surface area (Å²) in [4.78, 5) is 39.0. The number of rotatable bonds is 3. The predicted octanol–water partition coefficient (Wildman–Crippen LogP) is 3.11. The number of nitrogens with zero attached hydrogens (tertiary/aromatic N) is 4. The number of aromatic nitrogens is 3. The molecule has 3 aromatic heterocycles. The van der Waals surface area contributed by atoms with Crippen molar-refractivity contribution >= 4 is 40.1 Å². The number of hydrogen-bond acceptors (Lipinski definition) is 8. The van der Waals surface area contributed by atoms with Crippen LogP contribution in [0.1, 0.15) is 31.5 Å². The smallest absolute Gasteiger partial charge is 0.413 e. The van der Waals surface area contributed by atoms with Crippen molar-refractivity contribution in [1.29, 1.82) is 0 Å². The molecular formula is C24H27N7O3. The van der Waals surface area contributed by atoms with Gasteiger partial charge in [0, 0.05) is 36.8 Å². The molecule has 1 fully saturated rings. The molecule has 5 heterocycles. The van der Waals surface area contributed by atoms with Gasteiger partial charge in [-0.05, 0) is 49.8 Å². The fourth-order valence-corrected chi connectivity index (χ4v) is 4.59. The number of aryl methyl sites for hydroxylation is 1. The van der Waals surface area contributed by atoms with Crippen LogP contribution in [0.4, 0.5) is 22.1 Å². The monoisotopic (exact) mass is 461 g/mol. The van der Waals surface area contributed by atoms with Gasteiger partial charge in [0.05, 0.1) is 30.2 Å². The first-order valence-corrected chi connectivity index (χ1v) is 11.3. The van der Waals surface area contributed by atoms with E-state index in [4.69, 9.17) is 10.5 Å². The van der Waals surface area contributed by atoms with Crippen LogP contribution in [0.15, 0.2) is 24.5 Å². The summed E-state index contributed by atoms with van der Waals surface area (Å²) in [6.45, 7) is 7.01. The number of likely N-dealkylation sites (tertiary alicyclic amines) is 1. The molecule has 5 rings (SSSR count). The van der Waals surface area contributed by atoms with Gasteiger partial charge < -0.3 is 20.7 Å². The fraction of sp³-hybridized carbons (Fsp3) is 0.375. The van der Waals surface area contributed by atoms with E-state index in [1.54, 1.807) is 24.1 Å². The van der Waals surface area contributed by atoms with Gasteiger partial charge in [0.15, 0.2) is 0 Å². The van der Waals surface area contributed by atoms with Gasteiger partial charge in [-0.2, -0.15) is 0 Å². The number of pyridine rings is 3. The quantitative estimate of drug-likeness (QED) is 0.541. The molecule has 0 atom stereocenters. The average Bonchev–Trinajstić information content (AvgIpc) is 2.77. The number of carbonyl (C=O) groups is 2. The predicted molar refractivity (Wildman–Crippen MR) is 129 cm³/mol. The molecule has 0 unspecified atom stereocenters. The SMILES string of the molecule is CC(=O)N1CC(C)(OC(=O)Nc2cc3cc(-c4cnc5c(c4C)NCCC5)nc(N)c3cn2)C1. The van der Waals surface area contributed by atoms with Gasteiger partial charge in [-0.3, -0.25) is 15.1 Å². The van der Waals surface area contributed by atoms with Crippen molar-refractivity contribution in [2.24, 2.45) is 0 Å². The third kappa shape index (κ3) is 3.95. The zero-order chi connectivity index (χ0) is 24.0. The molecule has 0 bridgehead atoms. The summed E-state index contributed by atoms with van der Waals surface area (Å²) >= 11 is 0. The Kier molecular flexibility index (Phi) is 5.22. The minimum absolute atomic E-state index is 0.0418. The zero-order valence-electron chi connectivity index (χ0n) is 19.4. The zero-order valence-corrected chi connectivity index (χ0v) is 19.4. The Morgan fingerprint density at radius 3 is 2.79 bits per heavy atom. The molecule has 10 heteroatoms. The average molecular weight is 462 g/mol. The summed E-state index contributed by atoms with van der Waals surface area (Å²) in [5.41, 5.74) is 10.4.